The summed E-state index contributed by atoms with van der Waals surface area (Å²) in [6, 6.07) is 3.88. The minimum Gasteiger partial charge on any atom is -0.378 e. The van der Waals surface area contributed by atoms with E-state index in [1.54, 1.807) is 6.20 Å². The summed E-state index contributed by atoms with van der Waals surface area (Å²) in [6.07, 6.45) is 3.61. The molecular weight excluding hydrogens is 254 g/mol. The summed E-state index contributed by atoms with van der Waals surface area (Å²) in [6.45, 7) is 7.10. The molecule has 1 fully saturated rings. The molecule has 0 saturated carbocycles. The molecule has 1 N–H and O–H groups in total. The number of hydrogen-bond acceptors (Lipinski definition) is 4. The van der Waals surface area contributed by atoms with E-state index in [1.165, 1.54) is 0 Å². The van der Waals surface area contributed by atoms with Crippen molar-refractivity contribution in [2.45, 2.75) is 32.7 Å². The number of carbonyl (C=O) groups is 1. The third-order valence-corrected chi connectivity index (χ3v) is 3.66. The Morgan fingerprint density at radius 2 is 2.10 bits per heavy atom. The van der Waals surface area contributed by atoms with E-state index in [9.17, 15) is 4.79 Å². The predicted octanol–water partition coefficient (Wildman–Crippen LogP) is 1.84. The van der Waals surface area contributed by atoms with Gasteiger partial charge in [0.2, 0.25) is 0 Å². The normalized spacial score (nSPS) is 15.4. The Labute approximate surface area is 120 Å². The van der Waals surface area contributed by atoms with Gasteiger partial charge < -0.3 is 15.0 Å². The van der Waals surface area contributed by atoms with Crippen LogP contribution >= 0.6 is 0 Å². The molecule has 0 atom stereocenters. The SMILES string of the molecule is CCC(CC)NC(=O)c1cccnc1N1CCOCC1. The predicted molar refractivity (Wildman–Crippen MR) is 79.1 cm³/mol. The monoisotopic (exact) mass is 277 g/mol. The van der Waals surface area contributed by atoms with Crippen LogP contribution in [0.1, 0.15) is 37.0 Å². The minimum atomic E-state index is -0.0340. The fourth-order valence-electron chi connectivity index (χ4n) is 2.36. The molecule has 0 aliphatic carbocycles. The van der Waals surface area contributed by atoms with Crippen LogP contribution in [0.4, 0.5) is 5.82 Å². The average Bonchev–Trinajstić information content (AvgIpc) is 2.53. The summed E-state index contributed by atoms with van der Waals surface area (Å²) in [7, 11) is 0. The van der Waals surface area contributed by atoms with Gasteiger partial charge in [-0.3, -0.25) is 4.79 Å². The van der Waals surface area contributed by atoms with E-state index >= 15 is 0 Å². The highest BCUT2D eigenvalue weighted by Gasteiger charge is 2.20. The summed E-state index contributed by atoms with van der Waals surface area (Å²) < 4.78 is 5.35. The summed E-state index contributed by atoms with van der Waals surface area (Å²) in [4.78, 5) is 18.9. The molecule has 5 heteroatoms. The molecule has 0 bridgehead atoms. The number of rotatable bonds is 5. The maximum atomic E-state index is 12.4. The maximum absolute atomic E-state index is 12.4. The van der Waals surface area contributed by atoms with Crippen LogP contribution in [0, 0.1) is 0 Å². The number of morpholine rings is 1. The highest BCUT2D eigenvalue weighted by atomic mass is 16.5. The Bertz CT molecular complexity index is 440. The van der Waals surface area contributed by atoms with Gasteiger partial charge in [0, 0.05) is 25.3 Å². The molecule has 5 nitrogen and oxygen atoms in total. The molecule has 0 aromatic carbocycles. The highest BCUT2D eigenvalue weighted by molar-refractivity contribution is 5.99. The first-order chi connectivity index (χ1) is 9.76. The first-order valence-electron chi connectivity index (χ1n) is 7.34. The molecule has 0 unspecified atom stereocenters. The number of pyridine rings is 1. The summed E-state index contributed by atoms with van der Waals surface area (Å²) in [5.41, 5.74) is 0.654. The number of anilines is 1. The zero-order chi connectivity index (χ0) is 14.4. The fourth-order valence-corrected chi connectivity index (χ4v) is 2.36. The van der Waals surface area contributed by atoms with Gasteiger partial charge in [0.15, 0.2) is 0 Å². The number of hydrogen-bond donors (Lipinski definition) is 1. The largest absolute Gasteiger partial charge is 0.378 e. The Morgan fingerprint density at radius 1 is 1.40 bits per heavy atom. The standard InChI is InChI=1S/C15H23N3O2/c1-3-12(4-2)17-15(19)13-6-5-7-16-14(13)18-8-10-20-11-9-18/h5-7,12H,3-4,8-11H2,1-2H3,(H,17,19). The second kappa shape index (κ2) is 7.24. The van der Waals surface area contributed by atoms with E-state index in [0.717, 1.165) is 31.7 Å². The third-order valence-electron chi connectivity index (χ3n) is 3.66. The molecule has 2 rings (SSSR count). The van der Waals surface area contributed by atoms with Crippen LogP contribution in [0.25, 0.3) is 0 Å². The smallest absolute Gasteiger partial charge is 0.255 e. The van der Waals surface area contributed by atoms with E-state index in [0.29, 0.717) is 18.8 Å². The molecule has 20 heavy (non-hydrogen) atoms. The lowest BCUT2D eigenvalue weighted by Crippen LogP contribution is -2.39. The molecule has 1 aliphatic rings. The second-order valence-corrected chi connectivity index (χ2v) is 4.96. The van der Waals surface area contributed by atoms with Crippen molar-refractivity contribution in [1.29, 1.82) is 0 Å². The second-order valence-electron chi connectivity index (χ2n) is 4.96. The number of amides is 1. The van der Waals surface area contributed by atoms with Gasteiger partial charge in [-0.25, -0.2) is 4.98 Å². The van der Waals surface area contributed by atoms with Crippen LogP contribution in [0.3, 0.4) is 0 Å². The van der Waals surface area contributed by atoms with Gasteiger partial charge in [-0.2, -0.15) is 0 Å². The zero-order valence-corrected chi connectivity index (χ0v) is 12.3. The van der Waals surface area contributed by atoms with Crippen molar-refractivity contribution >= 4 is 11.7 Å². The van der Waals surface area contributed by atoms with Crippen molar-refractivity contribution in [3.63, 3.8) is 0 Å². The van der Waals surface area contributed by atoms with Gasteiger partial charge in [-0.05, 0) is 25.0 Å². The van der Waals surface area contributed by atoms with E-state index in [2.05, 4.69) is 29.0 Å². The Morgan fingerprint density at radius 3 is 2.75 bits per heavy atom. The van der Waals surface area contributed by atoms with E-state index in [-0.39, 0.29) is 11.9 Å². The molecule has 2 heterocycles. The molecule has 1 amide bonds. The summed E-state index contributed by atoms with van der Waals surface area (Å²) in [5.74, 6) is 0.729. The molecule has 1 saturated heterocycles. The van der Waals surface area contributed by atoms with Crippen LogP contribution in [-0.4, -0.2) is 43.2 Å². The third kappa shape index (κ3) is 3.48. The van der Waals surface area contributed by atoms with Gasteiger partial charge in [0.1, 0.15) is 5.82 Å². The van der Waals surface area contributed by atoms with Crippen molar-refractivity contribution in [3.05, 3.63) is 23.9 Å². The van der Waals surface area contributed by atoms with Crippen LogP contribution in [0.15, 0.2) is 18.3 Å². The molecule has 1 aromatic rings. The highest BCUT2D eigenvalue weighted by Crippen LogP contribution is 2.18. The number of aromatic nitrogens is 1. The van der Waals surface area contributed by atoms with Gasteiger partial charge in [-0.1, -0.05) is 13.8 Å². The Kier molecular flexibility index (Phi) is 5.35. The van der Waals surface area contributed by atoms with E-state index in [1.807, 2.05) is 12.1 Å². The number of ether oxygens (including phenoxy) is 1. The van der Waals surface area contributed by atoms with Crippen LogP contribution in [-0.2, 0) is 4.74 Å². The number of nitrogens with one attached hydrogen (secondary N) is 1. The van der Waals surface area contributed by atoms with Crippen molar-refractivity contribution in [2.24, 2.45) is 0 Å². The molecule has 1 aliphatic heterocycles. The molecule has 0 radical (unpaired) electrons. The number of nitrogens with zero attached hydrogens (tertiary/aromatic N) is 2. The summed E-state index contributed by atoms with van der Waals surface area (Å²) in [5, 5.41) is 3.08. The van der Waals surface area contributed by atoms with E-state index in [4.69, 9.17) is 4.74 Å². The quantitative estimate of drug-likeness (QED) is 0.892. The topological polar surface area (TPSA) is 54.5 Å². The van der Waals surface area contributed by atoms with Crippen LogP contribution < -0.4 is 10.2 Å². The van der Waals surface area contributed by atoms with Crippen molar-refractivity contribution in [2.75, 3.05) is 31.2 Å². The molecule has 1 aromatic heterocycles. The summed E-state index contributed by atoms with van der Waals surface area (Å²) >= 11 is 0. The number of carbonyl (C=O) groups excluding carboxylic acids is 1. The van der Waals surface area contributed by atoms with Gasteiger partial charge in [0.05, 0.1) is 18.8 Å². The maximum Gasteiger partial charge on any atom is 0.255 e. The average molecular weight is 277 g/mol. The van der Waals surface area contributed by atoms with Gasteiger partial charge in [0.25, 0.3) is 5.91 Å². The van der Waals surface area contributed by atoms with Crippen molar-refractivity contribution in [1.82, 2.24) is 10.3 Å². The Balaban J connectivity index is 2.16. The lowest BCUT2D eigenvalue weighted by atomic mass is 10.1. The van der Waals surface area contributed by atoms with Crippen molar-refractivity contribution < 1.29 is 9.53 Å². The first kappa shape index (κ1) is 14.8. The van der Waals surface area contributed by atoms with Crippen LogP contribution in [0.2, 0.25) is 0 Å². The molecule has 0 spiro atoms. The minimum absolute atomic E-state index is 0.0340. The van der Waals surface area contributed by atoms with E-state index < -0.39 is 0 Å². The first-order valence-corrected chi connectivity index (χ1v) is 7.34. The zero-order valence-electron chi connectivity index (χ0n) is 12.3. The van der Waals surface area contributed by atoms with Crippen molar-refractivity contribution in [3.8, 4) is 0 Å². The van der Waals surface area contributed by atoms with Gasteiger partial charge in [-0.15, -0.1) is 0 Å². The van der Waals surface area contributed by atoms with Crippen LogP contribution in [0.5, 0.6) is 0 Å². The fraction of sp³-hybridized carbons (Fsp3) is 0.600. The Hall–Kier alpha value is -1.62. The van der Waals surface area contributed by atoms with Gasteiger partial charge >= 0.3 is 0 Å². The lowest BCUT2D eigenvalue weighted by Gasteiger charge is -2.29. The molecular formula is C15H23N3O2. The molecule has 110 valence electrons. The lowest BCUT2D eigenvalue weighted by molar-refractivity contribution is 0.0933.